The summed E-state index contributed by atoms with van der Waals surface area (Å²) in [4.78, 5) is 2.42. The van der Waals surface area contributed by atoms with Gasteiger partial charge in [0.15, 0.2) is 0 Å². The largest absolute Gasteiger partial charge is 0.456 e. The van der Waals surface area contributed by atoms with E-state index in [1.54, 1.807) is 0 Å². The highest BCUT2D eigenvalue weighted by Crippen LogP contribution is 2.56. The summed E-state index contributed by atoms with van der Waals surface area (Å²) in [6.45, 7) is 4.72. The van der Waals surface area contributed by atoms with Gasteiger partial charge in [0.1, 0.15) is 11.2 Å². The maximum Gasteiger partial charge on any atom is 0.137 e. The Morgan fingerprint density at radius 1 is 0.583 bits per heavy atom. The molecule has 0 amide bonds. The molecule has 0 saturated carbocycles. The zero-order valence-electron chi connectivity index (χ0n) is 20.0. The van der Waals surface area contributed by atoms with Crippen LogP contribution in [0, 0.1) is 0 Å². The van der Waals surface area contributed by atoms with Crippen molar-refractivity contribution in [2.24, 2.45) is 0 Å². The molecule has 3 nitrogen and oxygen atoms in total. The van der Waals surface area contributed by atoms with Crippen molar-refractivity contribution in [3.8, 4) is 5.69 Å². The third-order valence-corrected chi connectivity index (χ3v) is 8.48. The summed E-state index contributed by atoms with van der Waals surface area (Å²) >= 11 is 0. The van der Waals surface area contributed by atoms with Crippen LogP contribution >= 0.6 is 0 Å². The van der Waals surface area contributed by atoms with E-state index in [0.717, 1.165) is 27.6 Å². The summed E-state index contributed by atoms with van der Waals surface area (Å²) in [5.74, 6) is 0. The highest BCUT2D eigenvalue weighted by Gasteiger charge is 2.40. The predicted molar refractivity (Wildman–Crippen MR) is 148 cm³/mol. The van der Waals surface area contributed by atoms with E-state index >= 15 is 0 Å². The Morgan fingerprint density at radius 3 is 2.19 bits per heavy atom. The number of benzene rings is 5. The number of furan rings is 1. The molecule has 2 aliphatic heterocycles. The molecule has 0 radical (unpaired) electrons. The van der Waals surface area contributed by atoms with E-state index in [0.29, 0.717) is 0 Å². The Morgan fingerprint density at radius 2 is 1.28 bits per heavy atom. The predicted octanol–water partition coefficient (Wildman–Crippen LogP) is 9.11. The molecular weight excluding hydrogens is 440 g/mol. The van der Waals surface area contributed by atoms with Crippen LogP contribution < -0.4 is 4.90 Å². The summed E-state index contributed by atoms with van der Waals surface area (Å²) in [6.07, 6.45) is 0. The lowest BCUT2D eigenvalue weighted by Crippen LogP contribution is -2.29. The molecule has 9 rings (SSSR count). The normalized spacial score (nSPS) is 15.1. The molecule has 0 N–H and O–H groups in total. The monoisotopic (exact) mass is 462 g/mol. The van der Waals surface area contributed by atoms with E-state index in [1.165, 1.54) is 50.0 Å². The summed E-state index contributed by atoms with van der Waals surface area (Å²) < 4.78 is 8.83. The third-order valence-electron chi connectivity index (χ3n) is 8.48. The first-order chi connectivity index (χ1) is 17.6. The van der Waals surface area contributed by atoms with Crippen molar-refractivity contribution in [3.05, 3.63) is 108 Å². The van der Waals surface area contributed by atoms with Crippen LogP contribution in [0.2, 0.25) is 0 Å². The standard InChI is InChI=1S/C33H22N2O/c1-33(2)24-11-5-9-22-23-10-6-13-26-31(23)35(30(22)24)32-25(33)12-7-14-27(32)34(26)19-16-17-21-20-8-3-4-15-28(20)36-29(21)18-19/h3-18H,1-2H3. The van der Waals surface area contributed by atoms with E-state index in [4.69, 9.17) is 4.42 Å². The van der Waals surface area contributed by atoms with Crippen LogP contribution in [0.3, 0.4) is 0 Å². The summed E-state index contributed by atoms with van der Waals surface area (Å²) in [5.41, 5.74) is 11.9. The van der Waals surface area contributed by atoms with Gasteiger partial charge in [0.25, 0.3) is 0 Å². The van der Waals surface area contributed by atoms with Crippen LogP contribution in [0.4, 0.5) is 17.1 Å². The Hall–Kier alpha value is -4.50. The zero-order valence-corrected chi connectivity index (χ0v) is 20.0. The number of fused-ring (bicyclic) bond motifs is 4. The maximum absolute atomic E-state index is 6.30. The average molecular weight is 463 g/mol. The molecule has 0 fully saturated rings. The third kappa shape index (κ3) is 2.00. The second-order valence-electron chi connectivity index (χ2n) is 10.6. The Labute approximate surface area is 207 Å². The van der Waals surface area contributed by atoms with Crippen LogP contribution in [0.15, 0.2) is 101 Å². The lowest BCUT2D eigenvalue weighted by atomic mass is 9.74. The van der Waals surface area contributed by atoms with Crippen molar-refractivity contribution >= 4 is 60.8 Å². The van der Waals surface area contributed by atoms with Gasteiger partial charge in [-0.1, -0.05) is 74.5 Å². The lowest BCUT2D eigenvalue weighted by Gasteiger charge is -2.40. The number of hydrogen-bond donors (Lipinski definition) is 0. The van der Waals surface area contributed by atoms with E-state index in [1.807, 2.05) is 12.1 Å². The Bertz CT molecular complexity index is 2090. The maximum atomic E-state index is 6.30. The summed E-state index contributed by atoms with van der Waals surface area (Å²) in [5, 5.41) is 4.94. The molecule has 0 aliphatic carbocycles. The second-order valence-corrected chi connectivity index (χ2v) is 10.6. The van der Waals surface area contributed by atoms with Crippen molar-refractivity contribution in [3.63, 3.8) is 0 Å². The van der Waals surface area contributed by atoms with Gasteiger partial charge < -0.3 is 13.9 Å². The molecule has 0 saturated heterocycles. The fourth-order valence-electron chi connectivity index (χ4n) is 6.86. The molecule has 5 aromatic carbocycles. The SMILES string of the molecule is CC1(C)c2cccc3c2-n2c4c(cccc4c4cccc1c42)N3c1ccc2c(c1)oc1ccccc12. The van der Waals surface area contributed by atoms with E-state index in [9.17, 15) is 0 Å². The first-order valence-corrected chi connectivity index (χ1v) is 12.5. The second kappa shape index (κ2) is 6.00. The van der Waals surface area contributed by atoms with Crippen LogP contribution in [0.5, 0.6) is 0 Å². The number of aromatic nitrogens is 1. The van der Waals surface area contributed by atoms with Gasteiger partial charge in [-0.3, -0.25) is 0 Å². The molecule has 7 aromatic rings. The molecule has 4 heterocycles. The smallest absolute Gasteiger partial charge is 0.137 e. The van der Waals surface area contributed by atoms with Gasteiger partial charge in [0.05, 0.1) is 33.8 Å². The van der Waals surface area contributed by atoms with Gasteiger partial charge in [-0.25, -0.2) is 0 Å². The lowest BCUT2D eigenvalue weighted by molar-refractivity contribution is 0.629. The highest BCUT2D eigenvalue weighted by atomic mass is 16.3. The van der Waals surface area contributed by atoms with Gasteiger partial charge in [-0.05, 0) is 41.5 Å². The van der Waals surface area contributed by atoms with Gasteiger partial charge in [-0.2, -0.15) is 0 Å². The number of anilines is 3. The molecule has 0 atom stereocenters. The van der Waals surface area contributed by atoms with E-state index in [-0.39, 0.29) is 5.41 Å². The van der Waals surface area contributed by atoms with E-state index in [2.05, 4.69) is 108 Å². The first-order valence-electron chi connectivity index (χ1n) is 12.5. The fraction of sp³-hybridized carbons (Fsp3) is 0.0909. The topological polar surface area (TPSA) is 21.3 Å². The van der Waals surface area contributed by atoms with Crippen molar-refractivity contribution in [1.29, 1.82) is 0 Å². The fourth-order valence-corrected chi connectivity index (χ4v) is 6.86. The van der Waals surface area contributed by atoms with Crippen LogP contribution in [0.25, 0.3) is 49.4 Å². The molecular formula is C33H22N2O. The summed E-state index contributed by atoms with van der Waals surface area (Å²) in [7, 11) is 0. The number of rotatable bonds is 1. The Kier molecular flexibility index (Phi) is 3.13. The molecule has 36 heavy (non-hydrogen) atoms. The molecule has 0 bridgehead atoms. The highest BCUT2D eigenvalue weighted by molar-refractivity contribution is 6.18. The minimum absolute atomic E-state index is 0.0961. The van der Waals surface area contributed by atoms with Crippen molar-refractivity contribution < 1.29 is 4.42 Å². The molecule has 170 valence electrons. The van der Waals surface area contributed by atoms with Gasteiger partial charge in [-0.15, -0.1) is 0 Å². The average Bonchev–Trinajstić information content (AvgIpc) is 3.44. The molecule has 0 spiro atoms. The first kappa shape index (κ1) is 18.8. The minimum Gasteiger partial charge on any atom is -0.456 e. The van der Waals surface area contributed by atoms with Gasteiger partial charge in [0.2, 0.25) is 0 Å². The van der Waals surface area contributed by atoms with Crippen molar-refractivity contribution in [2.45, 2.75) is 19.3 Å². The van der Waals surface area contributed by atoms with Gasteiger partial charge in [0, 0.05) is 33.0 Å². The van der Waals surface area contributed by atoms with Crippen LogP contribution in [-0.2, 0) is 5.41 Å². The quantitative estimate of drug-likeness (QED) is 0.243. The van der Waals surface area contributed by atoms with Crippen molar-refractivity contribution in [1.82, 2.24) is 4.57 Å². The van der Waals surface area contributed by atoms with Crippen LogP contribution in [0.1, 0.15) is 25.0 Å². The number of nitrogens with zero attached hydrogens (tertiary/aromatic N) is 2. The molecule has 0 unspecified atom stereocenters. The molecule has 3 heteroatoms. The Balaban J connectivity index is 1.45. The number of hydrogen-bond acceptors (Lipinski definition) is 2. The molecule has 2 aromatic heterocycles. The summed E-state index contributed by atoms with van der Waals surface area (Å²) in [6, 6.07) is 35.2. The molecule has 2 aliphatic rings. The number of para-hydroxylation sites is 4. The minimum atomic E-state index is -0.0961. The van der Waals surface area contributed by atoms with Gasteiger partial charge >= 0.3 is 0 Å². The van der Waals surface area contributed by atoms with Crippen LogP contribution in [-0.4, -0.2) is 4.57 Å². The van der Waals surface area contributed by atoms with E-state index < -0.39 is 0 Å². The zero-order chi connectivity index (χ0) is 23.8. The van der Waals surface area contributed by atoms with Crippen molar-refractivity contribution in [2.75, 3.05) is 4.90 Å².